The number of phenolic OH excluding ortho intramolecular Hbond substituents is 1. The third kappa shape index (κ3) is 6.49. The molecule has 0 aliphatic heterocycles. The van der Waals surface area contributed by atoms with E-state index in [-0.39, 0.29) is 17.1 Å². The van der Waals surface area contributed by atoms with Crippen LogP contribution >= 0.6 is 0 Å². The van der Waals surface area contributed by atoms with Gasteiger partial charge in [-0.1, -0.05) is 6.92 Å². The summed E-state index contributed by atoms with van der Waals surface area (Å²) in [7, 11) is 0. The molecule has 7 heteroatoms. The van der Waals surface area contributed by atoms with E-state index in [2.05, 4.69) is 0 Å². The number of benzene rings is 3. The first-order chi connectivity index (χ1) is 15.9. The van der Waals surface area contributed by atoms with Gasteiger partial charge in [0.1, 0.15) is 28.7 Å². The molecule has 33 heavy (non-hydrogen) atoms. The number of Topliss-reactive ketones (excluding diaryl/α,β-unsaturated/α-hetero) is 1. The van der Waals surface area contributed by atoms with Crippen LogP contribution in [0.4, 0.5) is 0 Å². The summed E-state index contributed by atoms with van der Waals surface area (Å²) in [5, 5.41) is 20.8. The average molecular weight is 449 g/mol. The predicted molar refractivity (Wildman–Crippen MR) is 120 cm³/mol. The molecule has 172 valence electrons. The van der Waals surface area contributed by atoms with Gasteiger partial charge in [0, 0.05) is 12.5 Å². The van der Waals surface area contributed by atoms with Crippen LogP contribution in [0.15, 0.2) is 60.7 Å². The molecule has 0 aromatic heterocycles. The molecule has 1 N–H and O–H groups in total. The zero-order chi connectivity index (χ0) is 23.8. The fraction of sp³-hybridized carbons (Fsp3) is 0.231. The number of rotatable bonds is 11. The summed E-state index contributed by atoms with van der Waals surface area (Å²) >= 11 is 0. The zero-order valence-corrected chi connectivity index (χ0v) is 18.5. The number of carboxylic acids is 1. The number of aromatic hydroxyl groups is 1. The fourth-order valence-electron chi connectivity index (χ4n) is 3.14. The number of ether oxygens (including phenoxy) is 3. The van der Waals surface area contributed by atoms with Crippen molar-refractivity contribution >= 4 is 11.8 Å². The topological polar surface area (TPSA) is 105 Å². The predicted octanol–water partition coefficient (Wildman–Crippen LogP) is 4.16. The molecule has 3 aromatic carbocycles. The van der Waals surface area contributed by atoms with Gasteiger partial charge in [0.05, 0.1) is 24.7 Å². The molecule has 0 amide bonds. The third-order valence-corrected chi connectivity index (χ3v) is 4.90. The molecule has 0 saturated heterocycles. The van der Waals surface area contributed by atoms with Crippen LogP contribution in [0.3, 0.4) is 0 Å². The average Bonchev–Trinajstić information content (AvgIpc) is 2.80. The third-order valence-electron chi connectivity index (χ3n) is 4.90. The molecule has 0 aliphatic carbocycles. The summed E-state index contributed by atoms with van der Waals surface area (Å²) in [4.78, 5) is 22.4. The van der Waals surface area contributed by atoms with Crippen molar-refractivity contribution in [2.45, 2.75) is 26.7 Å². The first kappa shape index (κ1) is 23.7. The maximum absolute atomic E-state index is 11.6. The monoisotopic (exact) mass is 449 g/mol. The molecule has 0 fully saturated rings. The highest BCUT2D eigenvalue weighted by Gasteiger charge is 2.12. The smallest absolute Gasteiger partial charge is 0.163 e. The molecule has 0 bridgehead atoms. The van der Waals surface area contributed by atoms with Crippen molar-refractivity contribution in [3.63, 3.8) is 0 Å². The highest BCUT2D eigenvalue weighted by molar-refractivity contribution is 5.97. The number of aromatic carboxylic acids is 1. The summed E-state index contributed by atoms with van der Waals surface area (Å²) in [6.07, 6.45) is 1.31. The molecule has 0 atom stereocenters. The Bertz CT molecular complexity index is 1100. The molecule has 0 unspecified atom stereocenters. The van der Waals surface area contributed by atoms with E-state index in [1.54, 1.807) is 42.5 Å². The van der Waals surface area contributed by atoms with Gasteiger partial charge in [-0.2, -0.15) is 0 Å². The van der Waals surface area contributed by atoms with Gasteiger partial charge in [-0.25, -0.2) is 0 Å². The summed E-state index contributed by atoms with van der Waals surface area (Å²) in [6.45, 7) is 4.21. The standard InChI is InChI=1S/C26H26O7/c1-3-18-15-23(17(2)27)24(28)16-25(18)32-14-4-13-31-20-9-11-22(12-10-20)33-21-7-5-19(6-8-21)26(29)30/h5-12,15-16,28H,3-4,13-14H2,1-2H3,(H,29,30)/p-1. The minimum Gasteiger partial charge on any atom is -0.545 e. The van der Waals surface area contributed by atoms with E-state index < -0.39 is 5.97 Å². The van der Waals surface area contributed by atoms with Gasteiger partial charge < -0.3 is 29.2 Å². The number of aryl methyl sites for hydroxylation is 1. The van der Waals surface area contributed by atoms with Crippen molar-refractivity contribution in [1.82, 2.24) is 0 Å². The molecule has 0 saturated carbocycles. The number of carbonyl (C=O) groups is 2. The molecule has 3 rings (SSSR count). The Balaban J connectivity index is 1.45. The Labute approximate surface area is 192 Å². The number of hydrogen-bond donors (Lipinski definition) is 1. The normalized spacial score (nSPS) is 10.5. The quantitative estimate of drug-likeness (QED) is 0.346. The Morgan fingerprint density at radius 1 is 0.879 bits per heavy atom. The van der Waals surface area contributed by atoms with Crippen LogP contribution in [0.2, 0.25) is 0 Å². The van der Waals surface area contributed by atoms with Crippen LogP contribution in [0.25, 0.3) is 0 Å². The Morgan fingerprint density at radius 3 is 2.03 bits per heavy atom. The summed E-state index contributed by atoms with van der Waals surface area (Å²) in [5.41, 5.74) is 1.25. The number of carboxylic acid groups (broad SMARTS) is 1. The summed E-state index contributed by atoms with van der Waals surface area (Å²) < 4.78 is 17.2. The first-order valence-electron chi connectivity index (χ1n) is 10.6. The maximum atomic E-state index is 11.6. The number of carbonyl (C=O) groups excluding carboxylic acids is 2. The molecule has 0 heterocycles. The minimum atomic E-state index is -1.23. The summed E-state index contributed by atoms with van der Waals surface area (Å²) in [5.74, 6) is 0.840. The van der Waals surface area contributed by atoms with E-state index in [1.807, 2.05) is 6.92 Å². The highest BCUT2D eigenvalue weighted by atomic mass is 16.5. The lowest BCUT2D eigenvalue weighted by molar-refractivity contribution is -0.255. The van der Waals surface area contributed by atoms with Gasteiger partial charge in [-0.3, -0.25) is 4.79 Å². The lowest BCUT2D eigenvalue weighted by Gasteiger charge is -2.13. The van der Waals surface area contributed by atoms with Crippen LogP contribution < -0.4 is 19.3 Å². The van der Waals surface area contributed by atoms with E-state index in [4.69, 9.17) is 14.2 Å². The second kappa shape index (κ2) is 11.0. The SMILES string of the molecule is CCc1cc(C(C)=O)c(O)cc1OCCCOc1ccc(Oc2ccc(C(=O)[O-])cc2)cc1. The number of ketones is 1. The van der Waals surface area contributed by atoms with E-state index in [9.17, 15) is 19.8 Å². The van der Waals surface area contributed by atoms with Crippen molar-refractivity contribution in [2.24, 2.45) is 0 Å². The van der Waals surface area contributed by atoms with E-state index in [0.29, 0.717) is 54.6 Å². The fourth-order valence-corrected chi connectivity index (χ4v) is 3.14. The van der Waals surface area contributed by atoms with Crippen molar-refractivity contribution < 1.29 is 34.0 Å². The highest BCUT2D eigenvalue weighted by Crippen LogP contribution is 2.29. The zero-order valence-electron chi connectivity index (χ0n) is 18.5. The van der Waals surface area contributed by atoms with E-state index in [1.165, 1.54) is 25.1 Å². The van der Waals surface area contributed by atoms with Gasteiger partial charge in [0.25, 0.3) is 0 Å². The molecule has 0 spiro atoms. The lowest BCUT2D eigenvalue weighted by atomic mass is 10.0. The maximum Gasteiger partial charge on any atom is 0.163 e. The van der Waals surface area contributed by atoms with Gasteiger partial charge in [-0.15, -0.1) is 0 Å². The van der Waals surface area contributed by atoms with E-state index >= 15 is 0 Å². The van der Waals surface area contributed by atoms with Gasteiger partial charge in [0.15, 0.2) is 5.78 Å². The molecule has 0 aliphatic rings. The molecule has 0 radical (unpaired) electrons. The van der Waals surface area contributed by atoms with Gasteiger partial charge >= 0.3 is 0 Å². The second-order valence-corrected chi connectivity index (χ2v) is 7.32. The van der Waals surface area contributed by atoms with Crippen LogP contribution in [-0.4, -0.2) is 30.1 Å². The Hall–Kier alpha value is -4.00. The first-order valence-corrected chi connectivity index (χ1v) is 10.6. The molecule has 7 nitrogen and oxygen atoms in total. The number of hydrogen-bond acceptors (Lipinski definition) is 7. The van der Waals surface area contributed by atoms with Crippen LogP contribution in [0, 0.1) is 0 Å². The Kier molecular flexibility index (Phi) is 7.91. The molecule has 3 aromatic rings. The summed E-state index contributed by atoms with van der Waals surface area (Å²) in [6, 6.07) is 16.2. The Morgan fingerprint density at radius 2 is 1.45 bits per heavy atom. The van der Waals surface area contributed by atoms with Crippen LogP contribution in [-0.2, 0) is 6.42 Å². The van der Waals surface area contributed by atoms with Crippen molar-refractivity contribution in [2.75, 3.05) is 13.2 Å². The minimum absolute atomic E-state index is 0.0805. The van der Waals surface area contributed by atoms with Crippen LogP contribution in [0.5, 0.6) is 28.7 Å². The van der Waals surface area contributed by atoms with Gasteiger partial charge in [0.2, 0.25) is 0 Å². The van der Waals surface area contributed by atoms with Crippen LogP contribution in [0.1, 0.15) is 46.5 Å². The lowest BCUT2D eigenvalue weighted by Crippen LogP contribution is -2.21. The largest absolute Gasteiger partial charge is 0.545 e. The molecular weight excluding hydrogens is 424 g/mol. The second-order valence-electron chi connectivity index (χ2n) is 7.32. The van der Waals surface area contributed by atoms with Crippen molar-refractivity contribution in [3.8, 4) is 28.7 Å². The van der Waals surface area contributed by atoms with E-state index in [0.717, 1.165) is 5.56 Å². The molecular formula is C26H25O7-. The number of phenols is 1. The van der Waals surface area contributed by atoms with Crippen molar-refractivity contribution in [1.29, 1.82) is 0 Å². The van der Waals surface area contributed by atoms with Crippen molar-refractivity contribution in [3.05, 3.63) is 77.4 Å². The van der Waals surface area contributed by atoms with Gasteiger partial charge in [-0.05, 0) is 79.1 Å².